The van der Waals surface area contributed by atoms with Gasteiger partial charge in [0.15, 0.2) is 0 Å². The van der Waals surface area contributed by atoms with Gasteiger partial charge in [0.05, 0.1) is 17.7 Å². The molecule has 0 spiro atoms. The van der Waals surface area contributed by atoms with Gasteiger partial charge in [0, 0.05) is 31.4 Å². The van der Waals surface area contributed by atoms with E-state index in [-0.39, 0.29) is 11.9 Å². The number of amides is 1. The fourth-order valence-corrected chi connectivity index (χ4v) is 4.87. The van der Waals surface area contributed by atoms with E-state index in [1.807, 2.05) is 29.2 Å². The molecule has 0 bridgehead atoms. The molecule has 2 atom stereocenters. The quantitative estimate of drug-likeness (QED) is 0.826. The Kier molecular flexibility index (Phi) is 4.27. The second-order valence-corrected chi connectivity index (χ2v) is 8.23. The molecule has 3 heterocycles. The number of carbonyl (C=O) groups excluding carboxylic acids is 1. The van der Waals surface area contributed by atoms with Crippen LogP contribution in [0.25, 0.3) is 0 Å². The summed E-state index contributed by atoms with van der Waals surface area (Å²) in [7, 11) is 0. The van der Waals surface area contributed by atoms with Crippen LogP contribution in [0, 0.1) is 17.2 Å². The molecule has 2 saturated heterocycles. The number of hydrogen-bond donors (Lipinski definition) is 0. The van der Waals surface area contributed by atoms with Crippen LogP contribution < -0.4 is 4.90 Å². The summed E-state index contributed by atoms with van der Waals surface area (Å²) in [6, 6.07) is 14.2. The van der Waals surface area contributed by atoms with E-state index in [1.165, 1.54) is 18.4 Å². The average Bonchev–Trinajstić information content (AvgIpc) is 3.52. The van der Waals surface area contributed by atoms with E-state index in [0.717, 1.165) is 43.9 Å². The zero-order chi connectivity index (χ0) is 19.1. The van der Waals surface area contributed by atoms with Crippen LogP contribution >= 0.6 is 0 Å². The molecule has 1 aromatic carbocycles. The lowest BCUT2D eigenvalue weighted by Gasteiger charge is -2.39. The van der Waals surface area contributed by atoms with Gasteiger partial charge in [-0.1, -0.05) is 18.2 Å². The Morgan fingerprint density at radius 3 is 2.75 bits per heavy atom. The van der Waals surface area contributed by atoms with Gasteiger partial charge in [-0.2, -0.15) is 5.26 Å². The van der Waals surface area contributed by atoms with Crippen molar-refractivity contribution in [2.75, 3.05) is 24.5 Å². The number of rotatable bonds is 3. The van der Waals surface area contributed by atoms with Gasteiger partial charge in [-0.3, -0.25) is 4.79 Å². The summed E-state index contributed by atoms with van der Waals surface area (Å²) in [6.45, 7) is 2.51. The minimum absolute atomic E-state index is 0.173. The number of piperidine rings is 1. The average molecular weight is 372 g/mol. The van der Waals surface area contributed by atoms with E-state index in [4.69, 9.17) is 0 Å². The van der Waals surface area contributed by atoms with Crippen LogP contribution in [0.15, 0.2) is 42.6 Å². The number of aromatic nitrogens is 1. The maximum absolute atomic E-state index is 13.3. The zero-order valence-electron chi connectivity index (χ0n) is 15.9. The van der Waals surface area contributed by atoms with Gasteiger partial charge in [-0.15, -0.1) is 0 Å². The summed E-state index contributed by atoms with van der Waals surface area (Å²) in [5.41, 5.74) is 2.74. The Hall–Kier alpha value is -2.87. The van der Waals surface area contributed by atoms with E-state index >= 15 is 0 Å². The van der Waals surface area contributed by atoms with Crippen LogP contribution in [0.3, 0.4) is 0 Å². The van der Waals surface area contributed by atoms with Gasteiger partial charge < -0.3 is 9.80 Å². The molecule has 1 amide bonds. The minimum atomic E-state index is 0.173. The Labute approximate surface area is 165 Å². The number of pyridine rings is 1. The van der Waals surface area contributed by atoms with Crippen molar-refractivity contribution in [1.82, 2.24) is 9.88 Å². The van der Waals surface area contributed by atoms with Gasteiger partial charge >= 0.3 is 0 Å². The van der Waals surface area contributed by atoms with E-state index in [9.17, 15) is 10.1 Å². The van der Waals surface area contributed by atoms with Crippen molar-refractivity contribution < 1.29 is 4.79 Å². The van der Waals surface area contributed by atoms with Gasteiger partial charge in [0.25, 0.3) is 5.91 Å². The summed E-state index contributed by atoms with van der Waals surface area (Å²) < 4.78 is 0. The minimum Gasteiger partial charge on any atom is -0.352 e. The smallest absolute Gasteiger partial charge is 0.254 e. The fourth-order valence-electron chi connectivity index (χ4n) is 4.87. The van der Waals surface area contributed by atoms with E-state index < -0.39 is 0 Å². The van der Waals surface area contributed by atoms with Crippen molar-refractivity contribution in [2.45, 2.75) is 37.6 Å². The summed E-state index contributed by atoms with van der Waals surface area (Å²) in [5.74, 6) is 2.19. The highest BCUT2D eigenvalue weighted by Crippen LogP contribution is 2.42. The first kappa shape index (κ1) is 17.2. The largest absolute Gasteiger partial charge is 0.352 e. The molecule has 0 unspecified atom stereocenters. The van der Waals surface area contributed by atoms with E-state index in [1.54, 1.807) is 12.3 Å². The second-order valence-electron chi connectivity index (χ2n) is 8.23. The molecule has 28 heavy (non-hydrogen) atoms. The number of benzene rings is 1. The molecule has 3 fully saturated rings. The summed E-state index contributed by atoms with van der Waals surface area (Å²) in [5, 5.41) is 9.20. The molecule has 2 aliphatic heterocycles. The number of hydrogen-bond acceptors (Lipinski definition) is 4. The van der Waals surface area contributed by atoms with E-state index in [0.29, 0.717) is 17.4 Å². The van der Waals surface area contributed by atoms with Crippen LogP contribution in [-0.2, 0) is 0 Å². The number of fused-ring (bicyclic) bond motifs is 1. The van der Waals surface area contributed by atoms with Crippen molar-refractivity contribution in [2.24, 2.45) is 5.92 Å². The standard InChI is InChI=1S/C23H24N4O/c24-14-16-7-10-25-22(13-16)27-12-9-18-8-11-26(15-21(18)27)23(28)20-4-2-1-3-19(20)17-5-6-17/h1-4,7,10,13,17-18,21H,5-6,8-9,11-12,15H2/t18-,21-/m0/s1. The lowest BCUT2D eigenvalue weighted by Crippen LogP contribution is -2.50. The second kappa shape index (κ2) is 6.94. The highest BCUT2D eigenvalue weighted by atomic mass is 16.2. The van der Waals surface area contributed by atoms with Gasteiger partial charge in [-0.05, 0) is 61.3 Å². The molecule has 2 aromatic rings. The Morgan fingerprint density at radius 1 is 1.11 bits per heavy atom. The third-order valence-electron chi connectivity index (χ3n) is 6.53. The summed E-state index contributed by atoms with van der Waals surface area (Å²) in [6.07, 6.45) is 6.27. The van der Waals surface area contributed by atoms with Crippen LogP contribution in [0.4, 0.5) is 5.82 Å². The predicted octanol–water partition coefficient (Wildman–Crippen LogP) is 3.57. The lowest BCUT2D eigenvalue weighted by atomic mass is 9.91. The van der Waals surface area contributed by atoms with Crippen molar-refractivity contribution in [3.63, 3.8) is 0 Å². The highest BCUT2D eigenvalue weighted by molar-refractivity contribution is 5.96. The zero-order valence-corrected chi connectivity index (χ0v) is 15.9. The first-order chi connectivity index (χ1) is 13.7. The Bertz CT molecular complexity index is 946. The summed E-state index contributed by atoms with van der Waals surface area (Å²) in [4.78, 5) is 22.2. The lowest BCUT2D eigenvalue weighted by molar-refractivity contribution is 0.0677. The van der Waals surface area contributed by atoms with Crippen LogP contribution in [0.1, 0.15) is 53.1 Å². The van der Waals surface area contributed by atoms with Gasteiger partial charge in [-0.25, -0.2) is 4.98 Å². The topological polar surface area (TPSA) is 60.2 Å². The van der Waals surface area contributed by atoms with Crippen molar-refractivity contribution >= 4 is 11.7 Å². The Balaban J connectivity index is 1.38. The molecular weight excluding hydrogens is 348 g/mol. The first-order valence-corrected chi connectivity index (χ1v) is 10.3. The third kappa shape index (κ3) is 3.03. The molecule has 1 aliphatic carbocycles. The molecule has 0 N–H and O–H groups in total. The van der Waals surface area contributed by atoms with Gasteiger partial charge in [0.1, 0.15) is 5.82 Å². The van der Waals surface area contributed by atoms with Crippen LogP contribution in [0.5, 0.6) is 0 Å². The molecular formula is C23H24N4O. The molecule has 0 radical (unpaired) electrons. The number of nitrogens with zero attached hydrogens (tertiary/aromatic N) is 4. The van der Waals surface area contributed by atoms with Crippen molar-refractivity contribution in [3.8, 4) is 6.07 Å². The van der Waals surface area contributed by atoms with E-state index in [2.05, 4.69) is 22.0 Å². The predicted molar refractivity (Wildman–Crippen MR) is 107 cm³/mol. The van der Waals surface area contributed by atoms with Crippen LogP contribution in [0.2, 0.25) is 0 Å². The summed E-state index contributed by atoms with van der Waals surface area (Å²) >= 11 is 0. The Morgan fingerprint density at radius 2 is 1.93 bits per heavy atom. The highest BCUT2D eigenvalue weighted by Gasteiger charge is 2.41. The molecule has 3 aliphatic rings. The fraction of sp³-hybridized carbons (Fsp3) is 0.435. The molecule has 5 nitrogen and oxygen atoms in total. The maximum Gasteiger partial charge on any atom is 0.254 e. The molecule has 5 heteroatoms. The molecule has 5 rings (SSSR count). The van der Waals surface area contributed by atoms with Crippen molar-refractivity contribution in [3.05, 3.63) is 59.3 Å². The number of likely N-dealkylation sites (tertiary alicyclic amines) is 1. The third-order valence-corrected chi connectivity index (χ3v) is 6.53. The number of nitriles is 1. The molecule has 142 valence electrons. The first-order valence-electron chi connectivity index (χ1n) is 10.3. The SMILES string of the molecule is N#Cc1ccnc(N2CC[C@@H]3CCN(C(=O)c4ccccc4C4CC4)C[C@@H]32)c1. The number of carbonyl (C=O) groups is 1. The monoisotopic (exact) mass is 372 g/mol. The number of anilines is 1. The normalized spacial score (nSPS) is 24.0. The molecule has 1 saturated carbocycles. The van der Waals surface area contributed by atoms with Crippen molar-refractivity contribution in [1.29, 1.82) is 5.26 Å². The van der Waals surface area contributed by atoms with Crippen LogP contribution in [-0.4, -0.2) is 41.5 Å². The molecule has 1 aromatic heterocycles. The van der Waals surface area contributed by atoms with Gasteiger partial charge in [0.2, 0.25) is 0 Å². The maximum atomic E-state index is 13.3.